The maximum atomic E-state index is 9.56. The molecule has 5 heteroatoms. The zero-order valence-corrected chi connectivity index (χ0v) is 13.2. The number of thiazole rings is 1. The molecular weight excluding hydrogens is 282 g/mol. The smallest absolute Gasteiger partial charge is 0.194 e. The third-order valence-corrected chi connectivity index (χ3v) is 4.58. The van der Waals surface area contributed by atoms with Crippen LogP contribution in [0, 0.1) is 13.8 Å². The number of hydrogen-bond donors (Lipinski definition) is 2. The topological polar surface area (TPSA) is 49.6 Å². The Kier molecular flexibility index (Phi) is 3.69. The van der Waals surface area contributed by atoms with Gasteiger partial charge in [-0.15, -0.1) is 11.3 Å². The molecule has 1 aromatic carbocycles. The van der Waals surface area contributed by atoms with E-state index in [9.17, 15) is 5.11 Å². The summed E-state index contributed by atoms with van der Waals surface area (Å²) in [5, 5.41) is 13.1. The highest BCUT2D eigenvalue weighted by molar-refractivity contribution is 7.17. The molecule has 2 aromatic heterocycles. The van der Waals surface area contributed by atoms with E-state index in [1.807, 2.05) is 19.1 Å². The quantitative estimate of drug-likeness (QED) is 0.774. The second kappa shape index (κ2) is 5.50. The highest BCUT2D eigenvalue weighted by atomic mass is 32.1. The minimum atomic E-state index is 0.168. The summed E-state index contributed by atoms with van der Waals surface area (Å²) in [6.45, 7) is 6.99. The number of aryl methyl sites for hydroxylation is 2. The second-order valence-corrected chi connectivity index (χ2v) is 6.55. The van der Waals surface area contributed by atoms with Gasteiger partial charge in [-0.2, -0.15) is 0 Å². The fourth-order valence-corrected chi connectivity index (χ4v) is 3.37. The maximum absolute atomic E-state index is 9.56. The molecule has 0 aliphatic carbocycles. The molecule has 1 unspecified atom stereocenters. The third kappa shape index (κ3) is 2.80. The third-order valence-electron chi connectivity index (χ3n) is 3.69. The average Bonchev–Trinajstić information content (AvgIpc) is 2.91. The van der Waals surface area contributed by atoms with Gasteiger partial charge in [0, 0.05) is 23.7 Å². The number of phenolic OH excluding ortho intramolecular Hbond substituents is 1. The predicted octanol–water partition coefficient (Wildman–Crippen LogP) is 3.57. The summed E-state index contributed by atoms with van der Waals surface area (Å²) in [5.41, 5.74) is 3.34. The fraction of sp³-hybridized carbons (Fsp3) is 0.312. The van der Waals surface area contributed by atoms with E-state index in [4.69, 9.17) is 0 Å². The molecule has 0 saturated carbocycles. The van der Waals surface area contributed by atoms with Gasteiger partial charge in [0.15, 0.2) is 4.96 Å². The van der Waals surface area contributed by atoms with E-state index in [2.05, 4.69) is 34.7 Å². The van der Waals surface area contributed by atoms with Crippen LogP contribution < -0.4 is 5.32 Å². The molecule has 0 spiro atoms. The Bertz CT molecular complexity index is 775. The number of phenols is 1. The molecule has 1 atom stereocenters. The molecule has 3 rings (SSSR count). The number of fused-ring (bicyclic) bond motifs is 1. The van der Waals surface area contributed by atoms with Crippen LogP contribution in [0.4, 0.5) is 0 Å². The van der Waals surface area contributed by atoms with Crippen molar-refractivity contribution in [1.29, 1.82) is 0 Å². The van der Waals surface area contributed by atoms with Gasteiger partial charge in [0.1, 0.15) is 5.75 Å². The normalized spacial score (nSPS) is 12.9. The van der Waals surface area contributed by atoms with Crippen LogP contribution in [-0.2, 0) is 6.54 Å². The number of aromatic nitrogens is 2. The summed E-state index contributed by atoms with van der Waals surface area (Å²) in [6.07, 6.45) is 2.13. The Balaban J connectivity index is 1.78. The van der Waals surface area contributed by atoms with Gasteiger partial charge in [0.2, 0.25) is 0 Å². The Morgan fingerprint density at radius 3 is 2.95 bits per heavy atom. The minimum Gasteiger partial charge on any atom is -0.508 e. The number of rotatable bonds is 4. The number of imidazole rings is 1. The number of nitrogens with zero attached hydrogens (tertiary/aromatic N) is 2. The van der Waals surface area contributed by atoms with E-state index < -0.39 is 0 Å². The molecule has 2 heterocycles. The van der Waals surface area contributed by atoms with Gasteiger partial charge >= 0.3 is 0 Å². The Morgan fingerprint density at radius 1 is 1.38 bits per heavy atom. The lowest BCUT2D eigenvalue weighted by atomic mass is 10.1. The summed E-state index contributed by atoms with van der Waals surface area (Å²) < 4.78 is 2.16. The second-order valence-electron chi connectivity index (χ2n) is 5.34. The van der Waals surface area contributed by atoms with Crippen LogP contribution in [0.3, 0.4) is 0 Å². The molecule has 0 bridgehead atoms. The van der Waals surface area contributed by atoms with E-state index >= 15 is 0 Å². The summed E-state index contributed by atoms with van der Waals surface area (Å²) in [7, 11) is 0. The zero-order chi connectivity index (χ0) is 15.0. The van der Waals surface area contributed by atoms with Gasteiger partial charge < -0.3 is 10.4 Å². The van der Waals surface area contributed by atoms with Gasteiger partial charge in [-0.05, 0) is 38.5 Å². The van der Waals surface area contributed by atoms with Gasteiger partial charge in [0.05, 0.1) is 11.4 Å². The highest BCUT2D eigenvalue weighted by Crippen LogP contribution is 2.22. The van der Waals surface area contributed by atoms with E-state index in [-0.39, 0.29) is 6.04 Å². The summed E-state index contributed by atoms with van der Waals surface area (Å²) in [5.74, 6) is 0.303. The van der Waals surface area contributed by atoms with E-state index in [0.717, 1.165) is 22.8 Å². The van der Waals surface area contributed by atoms with Crippen molar-refractivity contribution in [2.75, 3.05) is 0 Å². The van der Waals surface area contributed by atoms with Gasteiger partial charge in [0.25, 0.3) is 0 Å². The SMILES string of the molecule is Cc1cn2c(CNC(C)c3cccc(O)c3)c(C)nc2s1. The number of benzene rings is 1. The lowest BCUT2D eigenvalue weighted by Crippen LogP contribution is -2.19. The van der Waals surface area contributed by atoms with Crippen molar-refractivity contribution < 1.29 is 5.11 Å². The van der Waals surface area contributed by atoms with Crippen molar-refractivity contribution in [1.82, 2.24) is 14.7 Å². The van der Waals surface area contributed by atoms with Crippen LogP contribution in [-0.4, -0.2) is 14.5 Å². The first kappa shape index (κ1) is 14.1. The van der Waals surface area contributed by atoms with Gasteiger partial charge in [-0.25, -0.2) is 4.98 Å². The lowest BCUT2D eigenvalue weighted by Gasteiger charge is -2.14. The van der Waals surface area contributed by atoms with Crippen molar-refractivity contribution in [3.8, 4) is 5.75 Å². The highest BCUT2D eigenvalue weighted by Gasteiger charge is 2.12. The largest absolute Gasteiger partial charge is 0.508 e. The van der Waals surface area contributed by atoms with E-state index in [1.165, 1.54) is 10.6 Å². The zero-order valence-electron chi connectivity index (χ0n) is 12.4. The molecule has 0 radical (unpaired) electrons. The number of aromatic hydroxyl groups is 1. The Labute approximate surface area is 128 Å². The predicted molar refractivity (Wildman–Crippen MR) is 85.9 cm³/mol. The first-order valence-electron chi connectivity index (χ1n) is 7.01. The Morgan fingerprint density at radius 2 is 2.19 bits per heavy atom. The van der Waals surface area contributed by atoms with Crippen LogP contribution in [0.1, 0.15) is 34.8 Å². The molecule has 0 fully saturated rings. The molecule has 3 aromatic rings. The van der Waals surface area contributed by atoms with Crippen molar-refractivity contribution >= 4 is 16.3 Å². The molecule has 2 N–H and O–H groups in total. The van der Waals surface area contributed by atoms with E-state index in [1.54, 1.807) is 23.5 Å². The molecule has 21 heavy (non-hydrogen) atoms. The fourth-order valence-electron chi connectivity index (χ4n) is 2.48. The molecule has 0 saturated heterocycles. The van der Waals surface area contributed by atoms with Crippen molar-refractivity contribution in [3.63, 3.8) is 0 Å². The van der Waals surface area contributed by atoms with Crippen LogP contribution in [0.5, 0.6) is 5.75 Å². The standard InChI is InChI=1S/C16H19N3OS/c1-10-9-19-15(12(3)18-16(19)21-10)8-17-11(2)13-5-4-6-14(20)7-13/h4-7,9,11,17,20H,8H2,1-3H3. The molecule has 110 valence electrons. The van der Waals surface area contributed by atoms with Crippen LogP contribution in [0.25, 0.3) is 4.96 Å². The molecule has 0 amide bonds. The van der Waals surface area contributed by atoms with Crippen molar-refractivity contribution in [2.24, 2.45) is 0 Å². The summed E-state index contributed by atoms with van der Waals surface area (Å²) in [4.78, 5) is 6.91. The number of hydrogen-bond acceptors (Lipinski definition) is 4. The van der Waals surface area contributed by atoms with Gasteiger partial charge in [-0.3, -0.25) is 4.40 Å². The molecule has 4 nitrogen and oxygen atoms in total. The average molecular weight is 301 g/mol. The molecule has 0 aliphatic rings. The first-order chi connectivity index (χ1) is 10.0. The van der Waals surface area contributed by atoms with Crippen molar-refractivity contribution in [2.45, 2.75) is 33.4 Å². The first-order valence-corrected chi connectivity index (χ1v) is 7.82. The van der Waals surface area contributed by atoms with Crippen LogP contribution >= 0.6 is 11.3 Å². The monoisotopic (exact) mass is 301 g/mol. The van der Waals surface area contributed by atoms with Crippen LogP contribution in [0.15, 0.2) is 30.5 Å². The Hall–Kier alpha value is -1.85. The van der Waals surface area contributed by atoms with Crippen molar-refractivity contribution in [3.05, 3.63) is 52.3 Å². The molecule has 0 aliphatic heterocycles. The summed E-state index contributed by atoms with van der Waals surface area (Å²) in [6, 6.07) is 7.54. The number of nitrogens with one attached hydrogen (secondary N) is 1. The summed E-state index contributed by atoms with van der Waals surface area (Å²) >= 11 is 1.71. The minimum absolute atomic E-state index is 0.168. The maximum Gasteiger partial charge on any atom is 0.194 e. The van der Waals surface area contributed by atoms with Crippen LogP contribution in [0.2, 0.25) is 0 Å². The van der Waals surface area contributed by atoms with Gasteiger partial charge in [-0.1, -0.05) is 12.1 Å². The lowest BCUT2D eigenvalue weighted by molar-refractivity contribution is 0.472. The molecular formula is C16H19N3OS. The van der Waals surface area contributed by atoms with E-state index in [0.29, 0.717) is 5.75 Å².